The highest BCUT2D eigenvalue weighted by molar-refractivity contribution is 6.06. The lowest BCUT2D eigenvalue weighted by molar-refractivity contribution is -0.121. The van der Waals surface area contributed by atoms with E-state index in [4.69, 9.17) is 10.3 Å². The van der Waals surface area contributed by atoms with Gasteiger partial charge in [-0.05, 0) is 38.2 Å². The largest absolute Gasteiger partial charge is 0.354 e. The van der Waals surface area contributed by atoms with Gasteiger partial charge in [0.1, 0.15) is 0 Å². The third-order valence-electron chi connectivity index (χ3n) is 5.25. The zero-order valence-corrected chi connectivity index (χ0v) is 16.8. The first-order valence-electron chi connectivity index (χ1n) is 9.97. The van der Waals surface area contributed by atoms with Crippen molar-refractivity contribution < 1.29 is 14.1 Å². The summed E-state index contributed by atoms with van der Waals surface area (Å²) >= 11 is 0. The molecule has 1 fully saturated rings. The molecule has 8 nitrogen and oxygen atoms in total. The minimum atomic E-state index is -0.0799. The molecule has 152 valence electrons. The van der Waals surface area contributed by atoms with Gasteiger partial charge in [-0.1, -0.05) is 19.0 Å². The second-order valence-corrected chi connectivity index (χ2v) is 7.69. The summed E-state index contributed by atoms with van der Waals surface area (Å²) in [5.74, 6) is 0.0242. The Balaban J connectivity index is 1.90. The number of nitrogens with two attached hydrogens (primary N) is 1. The number of hydrogen-bond acceptors (Lipinski definition) is 6. The molecule has 3 rings (SSSR count). The SMILES string of the molecule is Cc1noc2nc(C(C)C)cc(C(=O)N3CCCCC3CNC(=O)CCN)c12. The molecule has 28 heavy (non-hydrogen) atoms. The highest BCUT2D eigenvalue weighted by Crippen LogP contribution is 2.28. The second kappa shape index (κ2) is 8.68. The monoisotopic (exact) mass is 387 g/mol. The van der Waals surface area contributed by atoms with Crippen molar-refractivity contribution in [2.75, 3.05) is 19.6 Å². The van der Waals surface area contributed by atoms with E-state index in [1.54, 1.807) is 0 Å². The van der Waals surface area contributed by atoms with Gasteiger partial charge < -0.3 is 20.5 Å². The van der Waals surface area contributed by atoms with Gasteiger partial charge in [-0.2, -0.15) is 0 Å². The van der Waals surface area contributed by atoms with Crippen LogP contribution in [0.4, 0.5) is 0 Å². The van der Waals surface area contributed by atoms with Gasteiger partial charge in [0.15, 0.2) is 0 Å². The van der Waals surface area contributed by atoms with Gasteiger partial charge in [-0.3, -0.25) is 9.59 Å². The molecule has 8 heteroatoms. The summed E-state index contributed by atoms with van der Waals surface area (Å²) in [6.45, 7) is 7.31. The third-order valence-corrected chi connectivity index (χ3v) is 5.25. The zero-order valence-electron chi connectivity index (χ0n) is 16.8. The van der Waals surface area contributed by atoms with E-state index in [-0.39, 0.29) is 23.8 Å². The van der Waals surface area contributed by atoms with Crippen molar-refractivity contribution in [3.8, 4) is 0 Å². The molecule has 2 aromatic rings. The number of hydrogen-bond donors (Lipinski definition) is 2. The number of carbonyl (C=O) groups is 2. The van der Waals surface area contributed by atoms with Gasteiger partial charge in [-0.25, -0.2) is 4.98 Å². The van der Waals surface area contributed by atoms with Crippen LogP contribution in [0.3, 0.4) is 0 Å². The predicted molar refractivity (Wildman–Crippen MR) is 106 cm³/mol. The van der Waals surface area contributed by atoms with E-state index < -0.39 is 0 Å². The number of nitrogens with one attached hydrogen (secondary N) is 1. The summed E-state index contributed by atoms with van der Waals surface area (Å²) in [6.07, 6.45) is 3.15. The summed E-state index contributed by atoms with van der Waals surface area (Å²) in [6, 6.07) is 1.83. The first-order valence-corrected chi connectivity index (χ1v) is 9.97. The maximum Gasteiger partial charge on any atom is 0.259 e. The van der Waals surface area contributed by atoms with Gasteiger partial charge in [-0.15, -0.1) is 0 Å². The number of likely N-dealkylation sites (tertiary alicyclic amines) is 1. The molecule has 1 aliphatic heterocycles. The molecule has 1 aliphatic rings. The summed E-state index contributed by atoms with van der Waals surface area (Å²) < 4.78 is 5.35. The van der Waals surface area contributed by atoms with Crippen molar-refractivity contribution in [2.24, 2.45) is 5.73 Å². The Morgan fingerprint density at radius 2 is 2.18 bits per heavy atom. The van der Waals surface area contributed by atoms with E-state index in [2.05, 4.69) is 15.5 Å². The van der Waals surface area contributed by atoms with E-state index >= 15 is 0 Å². The van der Waals surface area contributed by atoms with Gasteiger partial charge in [0.2, 0.25) is 5.91 Å². The van der Waals surface area contributed by atoms with Crippen LogP contribution in [0, 0.1) is 6.92 Å². The normalized spacial score (nSPS) is 17.3. The van der Waals surface area contributed by atoms with Crippen LogP contribution in [0.25, 0.3) is 11.1 Å². The number of aryl methyl sites for hydroxylation is 1. The van der Waals surface area contributed by atoms with E-state index in [1.807, 2.05) is 31.7 Å². The van der Waals surface area contributed by atoms with Crippen LogP contribution in [-0.2, 0) is 4.79 Å². The van der Waals surface area contributed by atoms with Gasteiger partial charge in [0, 0.05) is 37.8 Å². The molecule has 0 radical (unpaired) electrons. The molecular formula is C20H29N5O3. The van der Waals surface area contributed by atoms with E-state index in [0.29, 0.717) is 48.4 Å². The Bertz CT molecular complexity index is 861. The Morgan fingerprint density at radius 3 is 2.89 bits per heavy atom. The van der Waals surface area contributed by atoms with Crippen LogP contribution in [0.1, 0.15) is 67.2 Å². The fraction of sp³-hybridized carbons (Fsp3) is 0.600. The molecular weight excluding hydrogens is 358 g/mol. The smallest absolute Gasteiger partial charge is 0.259 e. The third kappa shape index (κ3) is 4.16. The number of carbonyl (C=O) groups excluding carboxylic acids is 2. The summed E-state index contributed by atoms with van der Waals surface area (Å²) in [7, 11) is 0. The Morgan fingerprint density at radius 1 is 1.39 bits per heavy atom. The van der Waals surface area contributed by atoms with Gasteiger partial charge in [0.05, 0.1) is 16.6 Å². The van der Waals surface area contributed by atoms with Crippen molar-refractivity contribution in [2.45, 2.75) is 58.4 Å². The fourth-order valence-corrected chi connectivity index (χ4v) is 3.66. The molecule has 1 saturated heterocycles. The number of piperidine rings is 1. The standard InChI is InChI=1S/C20H29N5O3/c1-12(2)16-10-15(18-13(3)24-28-19(18)23-16)20(27)25-9-5-4-6-14(25)11-22-17(26)7-8-21/h10,12,14H,4-9,11,21H2,1-3H3,(H,22,26). The molecule has 0 spiro atoms. The first-order chi connectivity index (χ1) is 13.4. The van der Waals surface area contributed by atoms with Crippen LogP contribution >= 0.6 is 0 Å². The van der Waals surface area contributed by atoms with E-state index in [1.165, 1.54) is 0 Å². The van der Waals surface area contributed by atoms with E-state index in [0.717, 1.165) is 25.0 Å². The van der Waals surface area contributed by atoms with E-state index in [9.17, 15) is 9.59 Å². The second-order valence-electron chi connectivity index (χ2n) is 7.69. The minimum absolute atomic E-state index is 0.0335. The number of fused-ring (bicyclic) bond motifs is 1. The lowest BCUT2D eigenvalue weighted by atomic mass is 9.98. The average molecular weight is 387 g/mol. The van der Waals surface area contributed by atoms with Crippen molar-refractivity contribution >= 4 is 22.9 Å². The van der Waals surface area contributed by atoms with Crippen molar-refractivity contribution in [3.63, 3.8) is 0 Å². The number of amides is 2. The highest BCUT2D eigenvalue weighted by atomic mass is 16.5. The van der Waals surface area contributed by atoms with Crippen molar-refractivity contribution in [1.82, 2.24) is 20.4 Å². The molecule has 0 aliphatic carbocycles. The minimum Gasteiger partial charge on any atom is -0.354 e. The molecule has 1 unspecified atom stereocenters. The molecule has 1 atom stereocenters. The van der Waals surface area contributed by atoms with Crippen LogP contribution < -0.4 is 11.1 Å². The van der Waals surface area contributed by atoms with Gasteiger partial charge >= 0.3 is 0 Å². The first kappa shape index (κ1) is 20.3. The molecule has 2 aromatic heterocycles. The lowest BCUT2D eigenvalue weighted by Crippen LogP contribution is -2.49. The zero-order chi connectivity index (χ0) is 20.3. The maximum absolute atomic E-state index is 13.5. The number of aromatic nitrogens is 2. The topological polar surface area (TPSA) is 114 Å². The quantitative estimate of drug-likeness (QED) is 0.785. The summed E-state index contributed by atoms with van der Waals surface area (Å²) in [5.41, 5.74) is 7.88. The van der Waals surface area contributed by atoms with Crippen molar-refractivity contribution in [3.05, 3.63) is 23.0 Å². The molecule has 0 aromatic carbocycles. The molecule has 2 amide bonds. The van der Waals surface area contributed by atoms with Crippen LogP contribution in [0.2, 0.25) is 0 Å². The fourth-order valence-electron chi connectivity index (χ4n) is 3.66. The number of nitrogens with zero attached hydrogens (tertiary/aromatic N) is 3. The highest BCUT2D eigenvalue weighted by Gasteiger charge is 2.30. The predicted octanol–water partition coefficient (Wildman–Crippen LogP) is 2.11. The molecule has 0 saturated carbocycles. The van der Waals surface area contributed by atoms with Crippen LogP contribution in [-0.4, -0.2) is 52.5 Å². The molecule has 3 heterocycles. The maximum atomic E-state index is 13.5. The summed E-state index contributed by atoms with van der Waals surface area (Å²) in [5, 5.41) is 7.59. The molecule has 0 bridgehead atoms. The Kier molecular flexibility index (Phi) is 6.28. The Labute approximate surface area is 164 Å². The van der Waals surface area contributed by atoms with Gasteiger partial charge in [0.25, 0.3) is 11.6 Å². The number of pyridine rings is 1. The Hall–Kier alpha value is -2.48. The van der Waals surface area contributed by atoms with Crippen LogP contribution in [0.15, 0.2) is 10.6 Å². The number of rotatable bonds is 6. The van der Waals surface area contributed by atoms with Crippen molar-refractivity contribution in [1.29, 1.82) is 0 Å². The summed E-state index contributed by atoms with van der Waals surface area (Å²) in [4.78, 5) is 31.7. The lowest BCUT2D eigenvalue weighted by Gasteiger charge is -2.36. The average Bonchev–Trinajstić information content (AvgIpc) is 3.06. The van der Waals surface area contributed by atoms with Crippen LogP contribution in [0.5, 0.6) is 0 Å². The molecule has 3 N–H and O–H groups in total.